The molecule has 0 fully saturated rings. The molecule has 17 heavy (non-hydrogen) atoms. The van der Waals surface area contributed by atoms with Crippen molar-refractivity contribution >= 4 is 6.29 Å². The summed E-state index contributed by atoms with van der Waals surface area (Å²) in [5.41, 5.74) is 3.00. The maximum absolute atomic E-state index is 10.5. The van der Waals surface area contributed by atoms with Crippen molar-refractivity contribution < 1.29 is 9.53 Å². The highest BCUT2D eigenvalue weighted by Gasteiger charge is 2.07. The average Bonchev–Trinajstić information content (AvgIpc) is 2.39. The molecule has 0 saturated heterocycles. The molecule has 2 aromatic rings. The molecule has 0 aliphatic heterocycles. The lowest BCUT2D eigenvalue weighted by Crippen LogP contribution is -1.95. The first kappa shape index (κ1) is 11.3. The number of hydrogen-bond acceptors (Lipinski definition) is 4. The molecule has 0 unspecified atom stereocenters. The number of aldehydes is 1. The summed E-state index contributed by atoms with van der Waals surface area (Å²) in [6.45, 7) is 2.00. The molecule has 0 aliphatic rings. The maximum atomic E-state index is 10.5. The van der Waals surface area contributed by atoms with E-state index in [1.807, 2.05) is 25.1 Å². The molecular weight excluding hydrogens is 216 g/mol. The third kappa shape index (κ3) is 2.30. The highest BCUT2D eigenvalue weighted by molar-refractivity contribution is 5.73. The van der Waals surface area contributed by atoms with Crippen LogP contribution in [0.5, 0.6) is 5.75 Å². The van der Waals surface area contributed by atoms with E-state index in [0.717, 1.165) is 16.9 Å². The number of methoxy groups -OCH3 is 1. The van der Waals surface area contributed by atoms with Gasteiger partial charge in [-0.2, -0.15) is 0 Å². The number of rotatable bonds is 3. The minimum Gasteiger partial charge on any atom is -0.496 e. The van der Waals surface area contributed by atoms with Gasteiger partial charge in [-0.05, 0) is 31.2 Å². The van der Waals surface area contributed by atoms with Gasteiger partial charge in [0.15, 0.2) is 6.29 Å². The third-order valence-corrected chi connectivity index (χ3v) is 2.44. The molecule has 2 rings (SSSR count). The highest BCUT2D eigenvalue weighted by Crippen LogP contribution is 2.28. The number of aromatic nitrogens is 2. The Kier molecular flexibility index (Phi) is 3.14. The molecule has 1 aromatic carbocycles. The van der Waals surface area contributed by atoms with Gasteiger partial charge in [0, 0.05) is 5.56 Å². The molecule has 0 bridgehead atoms. The van der Waals surface area contributed by atoms with E-state index in [1.165, 1.54) is 0 Å². The summed E-state index contributed by atoms with van der Waals surface area (Å²) in [7, 11) is 1.61. The molecular formula is C13H12N2O2. The van der Waals surface area contributed by atoms with E-state index < -0.39 is 0 Å². The zero-order valence-electron chi connectivity index (χ0n) is 9.68. The monoisotopic (exact) mass is 228 g/mol. The lowest BCUT2D eigenvalue weighted by atomic mass is 10.1. The van der Waals surface area contributed by atoms with Crippen LogP contribution < -0.4 is 4.74 Å². The Morgan fingerprint density at radius 3 is 2.59 bits per heavy atom. The predicted molar refractivity (Wildman–Crippen MR) is 64.1 cm³/mol. The van der Waals surface area contributed by atoms with Crippen molar-refractivity contribution in [2.75, 3.05) is 7.11 Å². The van der Waals surface area contributed by atoms with Crippen molar-refractivity contribution in [2.45, 2.75) is 6.92 Å². The SMILES string of the molecule is COc1ccc(C)cc1-c1ccc(C=O)nn1. The Balaban J connectivity index is 2.50. The van der Waals surface area contributed by atoms with Gasteiger partial charge in [-0.15, -0.1) is 10.2 Å². The maximum Gasteiger partial charge on any atom is 0.170 e. The molecule has 0 atom stereocenters. The quantitative estimate of drug-likeness (QED) is 0.756. The van der Waals surface area contributed by atoms with Gasteiger partial charge in [-0.3, -0.25) is 4.79 Å². The molecule has 0 radical (unpaired) electrons. The van der Waals surface area contributed by atoms with Crippen LogP contribution in [0.2, 0.25) is 0 Å². The molecule has 0 amide bonds. The third-order valence-electron chi connectivity index (χ3n) is 2.44. The van der Waals surface area contributed by atoms with Crippen LogP contribution in [-0.4, -0.2) is 23.6 Å². The minimum atomic E-state index is 0.320. The molecule has 0 aliphatic carbocycles. The van der Waals surface area contributed by atoms with Crippen LogP contribution >= 0.6 is 0 Å². The molecule has 86 valence electrons. The Morgan fingerprint density at radius 1 is 1.18 bits per heavy atom. The van der Waals surface area contributed by atoms with Crippen molar-refractivity contribution in [3.8, 4) is 17.0 Å². The van der Waals surface area contributed by atoms with Crippen molar-refractivity contribution in [3.05, 3.63) is 41.6 Å². The largest absolute Gasteiger partial charge is 0.496 e. The number of nitrogens with zero attached hydrogens (tertiary/aromatic N) is 2. The molecule has 4 heteroatoms. The Bertz CT molecular complexity index is 536. The second-order valence-electron chi connectivity index (χ2n) is 3.67. The van der Waals surface area contributed by atoms with E-state index in [9.17, 15) is 4.79 Å². The number of carbonyl (C=O) groups is 1. The Morgan fingerprint density at radius 2 is 2.00 bits per heavy atom. The highest BCUT2D eigenvalue weighted by atomic mass is 16.5. The summed E-state index contributed by atoms with van der Waals surface area (Å²) in [5.74, 6) is 0.740. The minimum absolute atomic E-state index is 0.320. The number of ether oxygens (including phenoxy) is 1. The van der Waals surface area contributed by atoms with Crippen LogP contribution in [0.4, 0.5) is 0 Å². The molecule has 0 N–H and O–H groups in total. The number of carbonyl (C=O) groups excluding carboxylic acids is 1. The number of hydrogen-bond donors (Lipinski definition) is 0. The Hall–Kier alpha value is -2.23. The van der Waals surface area contributed by atoms with Gasteiger partial charge in [0.2, 0.25) is 0 Å². The van der Waals surface area contributed by atoms with Crippen molar-refractivity contribution in [1.29, 1.82) is 0 Å². The first-order valence-electron chi connectivity index (χ1n) is 5.18. The summed E-state index contributed by atoms with van der Waals surface area (Å²) < 4.78 is 5.27. The molecule has 4 nitrogen and oxygen atoms in total. The molecule has 1 aromatic heterocycles. The lowest BCUT2D eigenvalue weighted by Gasteiger charge is -2.08. The zero-order chi connectivity index (χ0) is 12.3. The number of aryl methyl sites for hydroxylation is 1. The fourth-order valence-corrected chi connectivity index (χ4v) is 1.57. The van der Waals surface area contributed by atoms with Crippen molar-refractivity contribution in [1.82, 2.24) is 10.2 Å². The van der Waals surface area contributed by atoms with Gasteiger partial charge in [-0.25, -0.2) is 0 Å². The van der Waals surface area contributed by atoms with E-state index >= 15 is 0 Å². The van der Waals surface area contributed by atoms with Gasteiger partial charge in [0.05, 0.1) is 12.8 Å². The summed E-state index contributed by atoms with van der Waals surface area (Å²) in [6, 6.07) is 9.23. The van der Waals surface area contributed by atoms with Gasteiger partial charge in [0.1, 0.15) is 11.4 Å². The van der Waals surface area contributed by atoms with Crippen LogP contribution in [-0.2, 0) is 0 Å². The van der Waals surface area contributed by atoms with Crippen LogP contribution in [0, 0.1) is 6.92 Å². The van der Waals surface area contributed by atoms with Crippen LogP contribution in [0.3, 0.4) is 0 Å². The second-order valence-corrected chi connectivity index (χ2v) is 3.67. The van der Waals surface area contributed by atoms with Crippen molar-refractivity contribution in [3.63, 3.8) is 0 Å². The smallest absolute Gasteiger partial charge is 0.170 e. The zero-order valence-corrected chi connectivity index (χ0v) is 9.68. The van der Waals surface area contributed by atoms with Crippen molar-refractivity contribution in [2.24, 2.45) is 0 Å². The van der Waals surface area contributed by atoms with Gasteiger partial charge >= 0.3 is 0 Å². The molecule has 0 saturated carbocycles. The summed E-state index contributed by atoms with van der Waals surface area (Å²) >= 11 is 0. The van der Waals surface area contributed by atoms with Gasteiger partial charge < -0.3 is 4.74 Å². The van der Waals surface area contributed by atoms with Gasteiger partial charge in [0.25, 0.3) is 0 Å². The molecule has 0 spiro atoms. The topological polar surface area (TPSA) is 52.1 Å². The van der Waals surface area contributed by atoms with Gasteiger partial charge in [-0.1, -0.05) is 11.6 Å². The fourth-order valence-electron chi connectivity index (χ4n) is 1.57. The summed E-state index contributed by atoms with van der Waals surface area (Å²) in [4.78, 5) is 10.5. The number of benzene rings is 1. The van der Waals surface area contributed by atoms with E-state index in [4.69, 9.17) is 4.74 Å². The fraction of sp³-hybridized carbons (Fsp3) is 0.154. The average molecular weight is 228 g/mol. The summed E-state index contributed by atoms with van der Waals surface area (Å²) in [6.07, 6.45) is 0.671. The second kappa shape index (κ2) is 4.74. The predicted octanol–water partition coefficient (Wildman–Crippen LogP) is 2.27. The van der Waals surface area contributed by atoms with E-state index in [2.05, 4.69) is 10.2 Å². The first-order chi connectivity index (χ1) is 8.24. The van der Waals surface area contributed by atoms with Crippen LogP contribution in [0.1, 0.15) is 16.1 Å². The van der Waals surface area contributed by atoms with E-state index in [-0.39, 0.29) is 0 Å². The van der Waals surface area contributed by atoms with E-state index in [0.29, 0.717) is 17.7 Å². The Labute approximate surface area is 99.3 Å². The standard InChI is InChI=1S/C13H12N2O2/c1-9-3-6-13(17-2)11(7-9)12-5-4-10(8-16)14-15-12/h3-8H,1-2H3. The van der Waals surface area contributed by atoms with Crippen LogP contribution in [0.15, 0.2) is 30.3 Å². The lowest BCUT2D eigenvalue weighted by molar-refractivity contribution is 0.111. The van der Waals surface area contributed by atoms with Crippen LogP contribution in [0.25, 0.3) is 11.3 Å². The van der Waals surface area contributed by atoms with E-state index in [1.54, 1.807) is 19.2 Å². The first-order valence-corrected chi connectivity index (χ1v) is 5.18. The normalized spacial score (nSPS) is 10.0. The molecule has 1 heterocycles. The summed E-state index contributed by atoms with van der Waals surface area (Å²) in [5, 5.41) is 7.81.